The predicted octanol–water partition coefficient (Wildman–Crippen LogP) is 4.02. The Morgan fingerprint density at radius 2 is 1.78 bits per heavy atom. The van der Waals surface area contributed by atoms with Crippen LogP contribution < -0.4 is 10.9 Å². The second-order valence-electron chi connectivity index (χ2n) is 7.68. The molecule has 0 unspecified atom stereocenters. The van der Waals surface area contributed by atoms with E-state index in [9.17, 15) is 14.4 Å². The van der Waals surface area contributed by atoms with Gasteiger partial charge in [0.05, 0.1) is 10.6 Å². The highest BCUT2D eigenvalue weighted by atomic mass is 35.5. The van der Waals surface area contributed by atoms with Crippen LogP contribution in [-0.4, -0.2) is 47.8 Å². The molecule has 0 spiro atoms. The van der Waals surface area contributed by atoms with E-state index in [1.807, 2.05) is 6.07 Å². The van der Waals surface area contributed by atoms with Crippen LogP contribution in [0.2, 0.25) is 10.0 Å². The first-order chi connectivity index (χ1) is 15.3. The van der Waals surface area contributed by atoms with Crippen LogP contribution in [0.1, 0.15) is 22.8 Å². The Morgan fingerprint density at radius 1 is 1.03 bits per heavy atom. The standard InChI is InChI=1S/C23H21Cl2N3O4/c1-14(29)26-17-3-5-18-15(10-22(30)32-21(18)12-17)13-27-6-8-28(9-7-27)23(31)19-4-2-16(24)11-20(19)25/h2-5,10-12H,6-9,13H2,1H3,(H,26,29). The number of nitrogens with zero attached hydrogens (tertiary/aromatic N) is 2. The zero-order valence-corrected chi connectivity index (χ0v) is 18.9. The number of hydrogen-bond acceptors (Lipinski definition) is 5. The number of carbonyl (C=O) groups excluding carboxylic acids is 2. The topological polar surface area (TPSA) is 82.9 Å². The van der Waals surface area contributed by atoms with Crippen LogP contribution in [-0.2, 0) is 11.3 Å². The average molecular weight is 474 g/mol. The number of amides is 2. The van der Waals surface area contributed by atoms with E-state index in [1.165, 1.54) is 13.0 Å². The van der Waals surface area contributed by atoms with Gasteiger partial charge < -0.3 is 14.6 Å². The molecule has 0 atom stereocenters. The lowest BCUT2D eigenvalue weighted by molar-refractivity contribution is -0.114. The number of anilines is 1. The minimum atomic E-state index is -0.446. The summed E-state index contributed by atoms with van der Waals surface area (Å²) in [5.74, 6) is -0.321. The van der Waals surface area contributed by atoms with E-state index < -0.39 is 5.63 Å². The van der Waals surface area contributed by atoms with Gasteiger partial charge in [0.25, 0.3) is 5.91 Å². The molecule has 1 aliphatic heterocycles. The number of carbonyl (C=O) groups is 2. The number of halogens is 2. The van der Waals surface area contributed by atoms with Crippen LogP contribution in [0.5, 0.6) is 0 Å². The lowest BCUT2D eigenvalue weighted by Crippen LogP contribution is -2.48. The maximum atomic E-state index is 12.8. The van der Waals surface area contributed by atoms with Crippen molar-refractivity contribution in [3.05, 3.63) is 74.1 Å². The molecule has 2 aromatic carbocycles. The van der Waals surface area contributed by atoms with Crippen molar-refractivity contribution >= 4 is 51.7 Å². The van der Waals surface area contributed by atoms with Crippen LogP contribution in [0.25, 0.3) is 11.0 Å². The van der Waals surface area contributed by atoms with Crippen molar-refractivity contribution in [3.8, 4) is 0 Å². The minimum Gasteiger partial charge on any atom is -0.423 e. The summed E-state index contributed by atoms with van der Waals surface area (Å²) in [7, 11) is 0. The number of piperazine rings is 1. The lowest BCUT2D eigenvalue weighted by Gasteiger charge is -2.35. The Hall–Kier alpha value is -2.87. The Morgan fingerprint density at radius 3 is 2.47 bits per heavy atom. The molecule has 32 heavy (non-hydrogen) atoms. The molecule has 0 bridgehead atoms. The van der Waals surface area contributed by atoms with Crippen LogP contribution in [0.3, 0.4) is 0 Å². The molecule has 1 fully saturated rings. The van der Waals surface area contributed by atoms with Crippen molar-refractivity contribution in [1.29, 1.82) is 0 Å². The normalized spacial score (nSPS) is 14.5. The number of nitrogens with one attached hydrogen (secondary N) is 1. The van der Waals surface area contributed by atoms with Gasteiger partial charge in [-0.2, -0.15) is 0 Å². The molecule has 2 amide bonds. The SMILES string of the molecule is CC(=O)Nc1ccc2c(CN3CCN(C(=O)c4ccc(Cl)cc4Cl)CC3)cc(=O)oc2c1. The third kappa shape index (κ3) is 4.96. The lowest BCUT2D eigenvalue weighted by atomic mass is 10.1. The molecule has 0 aliphatic carbocycles. The van der Waals surface area contributed by atoms with E-state index in [2.05, 4.69) is 10.2 Å². The first kappa shape index (κ1) is 22.3. The van der Waals surface area contributed by atoms with E-state index >= 15 is 0 Å². The van der Waals surface area contributed by atoms with Gasteiger partial charge in [-0.1, -0.05) is 23.2 Å². The Bertz CT molecular complexity index is 1250. The van der Waals surface area contributed by atoms with Crippen molar-refractivity contribution < 1.29 is 14.0 Å². The van der Waals surface area contributed by atoms with Gasteiger partial charge in [0, 0.05) is 67.9 Å². The van der Waals surface area contributed by atoms with Gasteiger partial charge in [0.1, 0.15) is 5.58 Å². The molecule has 2 heterocycles. The van der Waals surface area contributed by atoms with Gasteiger partial charge in [0.15, 0.2) is 0 Å². The number of benzene rings is 2. The van der Waals surface area contributed by atoms with Gasteiger partial charge in [0.2, 0.25) is 5.91 Å². The molecule has 3 aromatic rings. The van der Waals surface area contributed by atoms with Gasteiger partial charge >= 0.3 is 5.63 Å². The molecule has 1 aromatic heterocycles. The van der Waals surface area contributed by atoms with Crippen molar-refractivity contribution in [2.75, 3.05) is 31.5 Å². The zero-order valence-electron chi connectivity index (χ0n) is 17.4. The molecule has 0 radical (unpaired) electrons. The number of rotatable bonds is 4. The highest BCUT2D eigenvalue weighted by Crippen LogP contribution is 2.25. The maximum absolute atomic E-state index is 12.8. The fourth-order valence-corrected chi connectivity index (χ4v) is 4.31. The van der Waals surface area contributed by atoms with E-state index in [1.54, 1.807) is 35.2 Å². The quantitative estimate of drug-likeness (QED) is 0.578. The van der Waals surface area contributed by atoms with Gasteiger partial charge in [-0.15, -0.1) is 0 Å². The number of hydrogen-bond donors (Lipinski definition) is 1. The first-order valence-electron chi connectivity index (χ1n) is 10.1. The Labute approximate surface area is 194 Å². The molecule has 4 rings (SSSR count). The smallest absolute Gasteiger partial charge is 0.336 e. The Balaban J connectivity index is 1.46. The van der Waals surface area contributed by atoms with E-state index in [-0.39, 0.29) is 11.8 Å². The molecule has 1 N–H and O–H groups in total. The van der Waals surface area contributed by atoms with Crippen LogP contribution in [0.15, 0.2) is 51.7 Å². The summed E-state index contributed by atoms with van der Waals surface area (Å²) in [4.78, 5) is 40.2. The van der Waals surface area contributed by atoms with Crippen molar-refractivity contribution in [3.63, 3.8) is 0 Å². The third-order valence-corrected chi connectivity index (χ3v) is 5.91. The summed E-state index contributed by atoms with van der Waals surface area (Å²) in [5, 5.41) is 4.32. The summed E-state index contributed by atoms with van der Waals surface area (Å²) in [6.07, 6.45) is 0. The first-order valence-corrected chi connectivity index (χ1v) is 10.9. The van der Waals surface area contributed by atoms with Crippen LogP contribution in [0.4, 0.5) is 5.69 Å². The van der Waals surface area contributed by atoms with Gasteiger partial charge in [-0.3, -0.25) is 14.5 Å². The fraction of sp³-hybridized carbons (Fsp3) is 0.261. The maximum Gasteiger partial charge on any atom is 0.336 e. The zero-order chi connectivity index (χ0) is 22.8. The summed E-state index contributed by atoms with van der Waals surface area (Å²) in [6, 6.07) is 11.6. The van der Waals surface area contributed by atoms with Crippen LogP contribution >= 0.6 is 23.2 Å². The van der Waals surface area contributed by atoms with Crippen molar-refractivity contribution in [1.82, 2.24) is 9.80 Å². The third-order valence-electron chi connectivity index (χ3n) is 5.37. The van der Waals surface area contributed by atoms with E-state index in [4.69, 9.17) is 27.6 Å². The molecular weight excluding hydrogens is 453 g/mol. The summed E-state index contributed by atoms with van der Waals surface area (Å²) >= 11 is 12.1. The molecule has 7 nitrogen and oxygen atoms in total. The van der Waals surface area contributed by atoms with Crippen molar-refractivity contribution in [2.24, 2.45) is 0 Å². The predicted molar refractivity (Wildman–Crippen MR) is 124 cm³/mol. The summed E-state index contributed by atoms with van der Waals surface area (Å²) < 4.78 is 5.33. The van der Waals surface area contributed by atoms with Gasteiger partial charge in [-0.05, 0) is 35.9 Å². The monoisotopic (exact) mass is 473 g/mol. The molecule has 166 valence electrons. The van der Waals surface area contributed by atoms with Gasteiger partial charge in [-0.25, -0.2) is 4.79 Å². The molecule has 1 saturated heterocycles. The molecular formula is C23H21Cl2N3O4. The summed E-state index contributed by atoms with van der Waals surface area (Å²) in [6.45, 7) is 4.37. The van der Waals surface area contributed by atoms with E-state index in [0.29, 0.717) is 59.6 Å². The summed E-state index contributed by atoms with van der Waals surface area (Å²) in [5.41, 5.74) is 1.82. The minimum absolute atomic E-state index is 0.123. The average Bonchev–Trinajstić information content (AvgIpc) is 2.73. The second kappa shape index (κ2) is 9.32. The van der Waals surface area contributed by atoms with Crippen LogP contribution in [0, 0.1) is 0 Å². The number of fused-ring (bicyclic) bond motifs is 1. The highest BCUT2D eigenvalue weighted by molar-refractivity contribution is 6.36. The second-order valence-corrected chi connectivity index (χ2v) is 8.52. The molecule has 0 saturated carbocycles. The Kier molecular flexibility index (Phi) is 6.50. The molecule has 9 heteroatoms. The fourth-order valence-electron chi connectivity index (χ4n) is 3.82. The molecule has 1 aliphatic rings. The highest BCUT2D eigenvalue weighted by Gasteiger charge is 2.24. The van der Waals surface area contributed by atoms with Crippen molar-refractivity contribution in [2.45, 2.75) is 13.5 Å². The largest absolute Gasteiger partial charge is 0.423 e. The van der Waals surface area contributed by atoms with E-state index in [0.717, 1.165) is 10.9 Å².